The molecule has 0 aromatic carbocycles. The van der Waals surface area contributed by atoms with Gasteiger partial charge in [-0.25, -0.2) is 4.99 Å². The van der Waals surface area contributed by atoms with Gasteiger partial charge in [0.2, 0.25) is 0 Å². The lowest BCUT2D eigenvalue weighted by atomic mass is 10.3. The second-order valence-corrected chi connectivity index (χ2v) is 5.38. The van der Waals surface area contributed by atoms with Crippen molar-refractivity contribution in [2.75, 3.05) is 0 Å². The van der Waals surface area contributed by atoms with Crippen molar-refractivity contribution < 1.29 is 0 Å². The molecule has 20 heavy (non-hydrogen) atoms. The summed E-state index contributed by atoms with van der Waals surface area (Å²) in [6.45, 7) is 4.76. The number of rotatable bonds is 5. The van der Waals surface area contributed by atoms with Crippen molar-refractivity contribution in [2.45, 2.75) is 64.6 Å². The van der Waals surface area contributed by atoms with Gasteiger partial charge in [-0.1, -0.05) is 19.8 Å². The summed E-state index contributed by atoms with van der Waals surface area (Å²) in [6, 6.07) is 2.99. The third-order valence-corrected chi connectivity index (χ3v) is 3.78. The van der Waals surface area contributed by atoms with Gasteiger partial charge < -0.3 is 11.1 Å². The van der Waals surface area contributed by atoms with Crippen LogP contribution in [0.3, 0.4) is 0 Å². The van der Waals surface area contributed by atoms with Crippen LogP contribution in [-0.2, 0) is 6.54 Å². The van der Waals surface area contributed by atoms with Crippen LogP contribution in [0.4, 0.5) is 0 Å². The number of nitrogens with two attached hydrogens (primary N) is 1. The monoisotopic (exact) mass is 391 g/mol. The Bertz CT molecular complexity index is 423. The fourth-order valence-corrected chi connectivity index (χ4v) is 2.40. The van der Waals surface area contributed by atoms with Crippen molar-refractivity contribution in [3.8, 4) is 0 Å². The normalized spacial score (nSPS) is 17.8. The van der Waals surface area contributed by atoms with Gasteiger partial charge in [0.05, 0.1) is 18.3 Å². The van der Waals surface area contributed by atoms with E-state index in [0.717, 1.165) is 12.1 Å². The fraction of sp³-hybridized carbons (Fsp3) is 0.714. The van der Waals surface area contributed by atoms with Gasteiger partial charge in [0, 0.05) is 12.2 Å². The van der Waals surface area contributed by atoms with Crippen LogP contribution in [0.2, 0.25) is 0 Å². The first-order valence-electron chi connectivity index (χ1n) is 7.29. The standard InChI is InChI=1S/C14H25N5.HI/c1-3-11(2)17-14(15)16-10-12-8-9-19(18-12)13-6-4-5-7-13;/h8-9,11,13H,3-7,10H2,1-2H3,(H3,15,16,17);1H. The van der Waals surface area contributed by atoms with Crippen molar-refractivity contribution in [2.24, 2.45) is 10.7 Å². The highest BCUT2D eigenvalue weighted by molar-refractivity contribution is 14.0. The molecule has 0 spiro atoms. The van der Waals surface area contributed by atoms with Crippen LogP contribution in [0.15, 0.2) is 17.3 Å². The summed E-state index contributed by atoms with van der Waals surface area (Å²) in [7, 11) is 0. The molecular formula is C14H26IN5. The first-order chi connectivity index (χ1) is 9.19. The van der Waals surface area contributed by atoms with Crippen LogP contribution >= 0.6 is 24.0 Å². The summed E-state index contributed by atoms with van der Waals surface area (Å²) >= 11 is 0. The summed E-state index contributed by atoms with van der Waals surface area (Å²) < 4.78 is 2.09. The molecule has 1 aromatic heterocycles. The van der Waals surface area contributed by atoms with E-state index in [2.05, 4.69) is 40.1 Å². The van der Waals surface area contributed by atoms with Crippen molar-refractivity contribution in [3.05, 3.63) is 18.0 Å². The average molecular weight is 391 g/mol. The predicted octanol–water partition coefficient (Wildman–Crippen LogP) is 2.82. The van der Waals surface area contributed by atoms with Gasteiger partial charge in [0.15, 0.2) is 5.96 Å². The minimum absolute atomic E-state index is 0. The molecule has 1 aromatic rings. The van der Waals surface area contributed by atoms with E-state index >= 15 is 0 Å². The number of aliphatic imine (C=N–C) groups is 1. The molecule has 2 rings (SSSR count). The molecule has 0 radical (unpaired) electrons. The summed E-state index contributed by atoms with van der Waals surface area (Å²) in [4.78, 5) is 4.33. The summed E-state index contributed by atoms with van der Waals surface area (Å²) in [6.07, 6.45) is 8.25. The van der Waals surface area contributed by atoms with Crippen molar-refractivity contribution in [3.63, 3.8) is 0 Å². The van der Waals surface area contributed by atoms with Crippen LogP contribution in [0, 0.1) is 0 Å². The Balaban J connectivity index is 0.00000200. The van der Waals surface area contributed by atoms with Crippen LogP contribution in [-0.4, -0.2) is 21.8 Å². The molecule has 0 amide bonds. The lowest BCUT2D eigenvalue weighted by molar-refractivity contribution is 0.463. The van der Waals surface area contributed by atoms with E-state index in [1.54, 1.807) is 0 Å². The maximum absolute atomic E-state index is 5.83. The van der Waals surface area contributed by atoms with Gasteiger partial charge >= 0.3 is 0 Å². The maximum atomic E-state index is 5.83. The molecule has 3 N–H and O–H groups in total. The van der Waals surface area contributed by atoms with Gasteiger partial charge in [0.25, 0.3) is 0 Å². The number of hydrogen-bond acceptors (Lipinski definition) is 2. The predicted molar refractivity (Wildman–Crippen MR) is 93.4 cm³/mol. The van der Waals surface area contributed by atoms with Crippen LogP contribution in [0.5, 0.6) is 0 Å². The number of nitrogens with one attached hydrogen (secondary N) is 1. The Hall–Kier alpha value is -0.790. The van der Waals surface area contributed by atoms with Crippen LogP contribution < -0.4 is 11.1 Å². The first kappa shape index (κ1) is 17.3. The molecular weight excluding hydrogens is 365 g/mol. The Kier molecular flexibility index (Phi) is 7.32. The lowest BCUT2D eigenvalue weighted by Gasteiger charge is -2.11. The van der Waals surface area contributed by atoms with E-state index in [1.807, 2.05) is 6.07 Å². The van der Waals surface area contributed by atoms with E-state index < -0.39 is 0 Å². The van der Waals surface area contributed by atoms with E-state index in [0.29, 0.717) is 24.6 Å². The molecule has 1 fully saturated rings. The molecule has 6 heteroatoms. The highest BCUT2D eigenvalue weighted by Crippen LogP contribution is 2.28. The quantitative estimate of drug-likeness (QED) is 0.461. The molecule has 1 aliphatic rings. The summed E-state index contributed by atoms with van der Waals surface area (Å²) in [5.74, 6) is 0.504. The van der Waals surface area contributed by atoms with Crippen molar-refractivity contribution in [1.82, 2.24) is 15.1 Å². The van der Waals surface area contributed by atoms with Gasteiger partial charge in [-0.15, -0.1) is 24.0 Å². The highest BCUT2D eigenvalue weighted by Gasteiger charge is 2.17. The number of aromatic nitrogens is 2. The molecule has 114 valence electrons. The third kappa shape index (κ3) is 4.96. The number of halogens is 1. The molecule has 0 aliphatic heterocycles. The van der Waals surface area contributed by atoms with E-state index in [9.17, 15) is 0 Å². The molecule has 1 unspecified atom stereocenters. The van der Waals surface area contributed by atoms with Gasteiger partial charge in [0.1, 0.15) is 0 Å². The second-order valence-electron chi connectivity index (χ2n) is 5.38. The SMILES string of the molecule is CCC(C)NC(N)=NCc1ccn(C2CCCC2)n1.I. The first-order valence-corrected chi connectivity index (χ1v) is 7.29. The Morgan fingerprint density at radius 1 is 1.55 bits per heavy atom. The second kappa shape index (κ2) is 8.49. The maximum Gasteiger partial charge on any atom is 0.189 e. The Labute approximate surface area is 138 Å². The zero-order valence-electron chi connectivity index (χ0n) is 12.4. The van der Waals surface area contributed by atoms with E-state index in [-0.39, 0.29) is 24.0 Å². The minimum Gasteiger partial charge on any atom is -0.370 e. The van der Waals surface area contributed by atoms with Gasteiger partial charge in [-0.2, -0.15) is 5.10 Å². The zero-order valence-corrected chi connectivity index (χ0v) is 14.7. The number of nitrogens with zero attached hydrogens (tertiary/aromatic N) is 3. The molecule has 1 heterocycles. The lowest BCUT2D eigenvalue weighted by Crippen LogP contribution is -2.38. The van der Waals surface area contributed by atoms with Crippen LogP contribution in [0.1, 0.15) is 57.7 Å². The fourth-order valence-electron chi connectivity index (χ4n) is 2.40. The molecule has 1 aliphatic carbocycles. The van der Waals surface area contributed by atoms with E-state index in [1.165, 1.54) is 25.7 Å². The third-order valence-electron chi connectivity index (χ3n) is 3.78. The van der Waals surface area contributed by atoms with Crippen molar-refractivity contribution in [1.29, 1.82) is 0 Å². The van der Waals surface area contributed by atoms with Crippen LogP contribution in [0.25, 0.3) is 0 Å². The molecule has 1 saturated carbocycles. The summed E-state index contributed by atoms with van der Waals surface area (Å²) in [5.41, 5.74) is 6.82. The molecule has 0 saturated heterocycles. The Morgan fingerprint density at radius 3 is 2.90 bits per heavy atom. The van der Waals surface area contributed by atoms with Crippen molar-refractivity contribution >= 4 is 29.9 Å². The topological polar surface area (TPSA) is 68.2 Å². The van der Waals surface area contributed by atoms with Gasteiger partial charge in [-0.05, 0) is 32.3 Å². The minimum atomic E-state index is 0. The molecule has 1 atom stereocenters. The highest BCUT2D eigenvalue weighted by atomic mass is 127. The molecule has 0 bridgehead atoms. The van der Waals surface area contributed by atoms with Gasteiger partial charge in [-0.3, -0.25) is 4.68 Å². The summed E-state index contributed by atoms with van der Waals surface area (Å²) in [5, 5.41) is 7.74. The largest absolute Gasteiger partial charge is 0.370 e. The average Bonchev–Trinajstić information content (AvgIpc) is 3.06. The number of hydrogen-bond donors (Lipinski definition) is 2. The smallest absolute Gasteiger partial charge is 0.189 e. The number of guanidine groups is 1. The zero-order chi connectivity index (χ0) is 13.7. The Morgan fingerprint density at radius 2 is 2.25 bits per heavy atom. The molecule has 5 nitrogen and oxygen atoms in total. The van der Waals surface area contributed by atoms with E-state index in [4.69, 9.17) is 5.73 Å².